The molecule has 0 aliphatic carbocycles. The fourth-order valence-corrected chi connectivity index (χ4v) is 3.90. The lowest BCUT2D eigenvalue weighted by Crippen LogP contribution is -2.23. The highest BCUT2D eigenvalue weighted by Gasteiger charge is 2.15. The number of fused-ring (bicyclic) bond motifs is 1. The third-order valence-corrected chi connectivity index (χ3v) is 5.75. The van der Waals surface area contributed by atoms with Gasteiger partial charge in [-0.3, -0.25) is 14.6 Å². The molecule has 31 heavy (non-hydrogen) atoms. The Hall–Kier alpha value is -3.58. The van der Waals surface area contributed by atoms with E-state index in [0.29, 0.717) is 18.5 Å². The molecule has 0 radical (unpaired) electrons. The van der Waals surface area contributed by atoms with E-state index in [0.717, 1.165) is 27.0 Å². The average molecular weight is 431 g/mol. The summed E-state index contributed by atoms with van der Waals surface area (Å²) in [5.41, 5.74) is 3.16. The quantitative estimate of drug-likeness (QED) is 0.454. The Balaban J connectivity index is 1.31. The van der Waals surface area contributed by atoms with Crippen LogP contribution >= 0.6 is 11.5 Å². The van der Waals surface area contributed by atoms with Crippen molar-refractivity contribution in [1.82, 2.24) is 14.7 Å². The predicted molar refractivity (Wildman–Crippen MR) is 123 cm³/mol. The highest BCUT2D eigenvalue weighted by atomic mass is 32.1. The van der Waals surface area contributed by atoms with Crippen molar-refractivity contribution in [1.29, 1.82) is 0 Å². The number of benzene rings is 2. The lowest BCUT2D eigenvalue weighted by Gasteiger charge is -2.13. The second-order valence-electron chi connectivity index (χ2n) is 7.37. The first-order valence-corrected chi connectivity index (χ1v) is 10.8. The van der Waals surface area contributed by atoms with Gasteiger partial charge in [0.15, 0.2) is 0 Å². The van der Waals surface area contributed by atoms with Gasteiger partial charge in [0.1, 0.15) is 0 Å². The zero-order valence-electron chi connectivity index (χ0n) is 17.0. The molecule has 2 aromatic heterocycles. The van der Waals surface area contributed by atoms with Gasteiger partial charge in [0.25, 0.3) is 5.91 Å². The third kappa shape index (κ3) is 5.32. The smallest absolute Gasteiger partial charge is 0.251 e. The normalized spacial score (nSPS) is 11.8. The van der Waals surface area contributed by atoms with E-state index in [2.05, 4.69) is 20.0 Å². The van der Waals surface area contributed by atoms with E-state index in [1.54, 1.807) is 18.3 Å². The van der Waals surface area contributed by atoms with Crippen molar-refractivity contribution >= 4 is 39.1 Å². The van der Waals surface area contributed by atoms with E-state index in [4.69, 9.17) is 0 Å². The van der Waals surface area contributed by atoms with Crippen molar-refractivity contribution in [2.24, 2.45) is 5.92 Å². The molecule has 2 aromatic carbocycles. The fraction of sp³-hybridized carbons (Fsp3) is 0.167. The van der Waals surface area contributed by atoms with Gasteiger partial charge in [0, 0.05) is 34.9 Å². The maximum Gasteiger partial charge on any atom is 0.251 e. The monoisotopic (exact) mass is 430 g/mol. The van der Waals surface area contributed by atoms with Crippen molar-refractivity contribution in [2.45, 2.75) is 19.9 Å². The van der Waals surface area contributed by atoms with E-state index in [1.165, 1.54) is 11.5 Å². The van der Waals surface area contributed by atoms with Crippen LogP contribution < -0.4 is 10.6 Å². The maximum absolute atomic E-state index is 12.6. The lowest BCUT2D eigenvalue weighted by molar-refractivity contribution is -0.119. The molecular formula is C24H22N4O2S. The largest absolute Gasteiger partial charge is 0.346 e. The molecular weight excluding hydrogens is 408 g/mol. The van der Waals surface area contributed by atoms with Gasteiger partial charge in [-0.05, 0) is 66.0 Å². The van der Waals surface area contributed by atoms with Crippen molar-refractivity contribution in [3.05, 3.63) is 89.9 Å². The van der Waals surface area contributed by atoms with Gasteiger partial charge in [0.2, 0.25) is 5.91 Å². The summed E-state index contributed by atoms with van der Waals surface area (Å²) in [6.07, 6.45) is 4.10. The molecule has 0 aliphatic heterocycles. The van der Waals surface area contributed by atoms with Crippen LogP contribution in [-0.4, -0.2) is 21.2 Å². The molecule has 4 rings (SSSR count). The van der Waals surface area contributed by atoms with Crippen LogP contribution in [0, 0.1) is 5.92 Å². The van der Waals surface area contributed by atoms with Gasteiger partial charge in [-0.15, -0.1) is 0 Å². The number of hydrogen-bond acceptors (Lipinski definition) is 5. The van der Waals surface area contributed by atoms with Gasteiger partial charge in [-0.2, -0.15) is 4.37 Å². The van der Waals surface area contributed by atoms with Gasteiger partial charge >= 0.3 is 0 Å². The summed E-state index contributed by atoms with van der Waals surface area (Å²) < 4.78 is 5.20. The summed E-state index contributed by atoms with van der Waals surface area (Å²) in [6, 6.07) is 18.7. The van der Waals surface area contributed by atoms with Crippen molar-refractivity contribution in [3.8, 4) is 0 Å². The molecule has 6 nitrogen and oxygen atoms in total. The summed E-state index contributed by atoms with van der Waals surface area (Å²) in [5, 5.41) is 6.91. The Kier molecular flexibility index (Phi) is 6.33. The second-order valence-corrected chi connectivity index (χ2v) is 8.21. The summed E-state index contributed by atoms with van der Waals surface area (Å²) >= 11 is 1.41. The fourth-order valence-electron chi connectivity index (χ4n) is 3.22. The summed E-state index contributed by atoms with van der Waals surface area (Å²) in [7, 11) is 0. The highest BCUT2D eigenvalue weighted by molar-refractivity contribution is 7.13. The van der Waals surface area contributed by atoms with Crippen LogP contribution in [0.3, 0.4) is 0 Å². The van der Waals surface area contributed by atoms with Crippen molar-refractivity contribution < 1.29 is 9.59 Å². The molecule has 0 saturated carbocycles. The first-order chi connectivity index (χ1) is 15.1. The van der Waals surface area contributed by atoms with E-state index in [-0.39, 0.29) is 17.7 Å². The molecule has 2 heterocycles. The van der Waals surface area contributed by atoms with Crippen LogP contribution in [0.2, 0.25) is 0 Å². The van der Waals surface area contributed by atoms with Crippen LogP contribution in [0.4, 0.5) is 5.69 Å². The van der Waals surface area contributed by atoms with Crippen LogP contribution in [0.5, 0.6) is 0 Å². The number of carbonyl (C=O) groups is 2. The Bertz CT molecular complexity index is 1190. The minimum absolute atomic E-state index is 0.0407. The van der Waals surface area contributed by atoms with Gasteiger partial charge in [-0.1, -0.05) is 25.1 Å². The Morgan fingerprint density at radius 3 is 2.68 bits per heavy atom. The molecule has 2 amide bonds. The van der Waals surface area contributed by atoms with Crippen molar-refractivity contribution in [2.75, 3.05) is 5.32 Å². The first-order valence-electron chi connectivity index (χ1n) is 10.0. The van der Waals surface area contributed by atoms with Gasteiger partial charge in [-0.25, -0.2) is 0 Å². The number of anilines is 1. The average Bonchev–Trinajstić information content (AvgIpc) is 3.26. The molecule has 2 N–H and O–H groups in total. The number of nitrogens with zero attached hydrogens (tertiary/aromatic N) is 2. The molecule has 0 saturated heterocycles. The first kappa shape index (κ1) is 20.7. The molecule has 0 bridgehead atoms. The zero-order chi connectivity index (χ0) is 21.6. The number of carbonyl (C=O) groups excluding carboxylic acids is 2. The minimum Gasteiger partial charge on any atom is -0.346 e. The number of nitrogens with one attached hydrogen (secondary N) is 2. The summed E-state index contributed by atoms with van der Waals surface area (Å²) in [5.74, 6) is -0.400. The number of pyridine rings is 1. The topological polar surface area (TPSA) is 84.0 Å². The summed E-state index contributed by atoms with van der Waals surface area (Å²) in [4.78, 5) is 29.1. The van der Waals surface area contributed by atoms with Gasteiger partial charge < -0.3 is 10.6 Å². The Labute approximate surface area is 184 Å². The van der Waals surface area contributed by atoms with E-state index in [9.17, 15) is 9.59 Å². The van der Waals surface area contributed by atoms with E-state index < -0.39 is 0 Å². The van der Waals surface area contributed by atoms with Gasteiger partial charge in [0.05, 0.1) is 16.9 Å². The number of hydrogen-bond donors (Lipinski definition) is 2. The van der Waals surface area contributed by atoms with Crippen LogP contribution in [-0.2, 0) is 17.8 Å². The lowest BCUT2D eigenvalue weighted by atomic mass is 9.99. The molecule has 1 atom stereocenters. The Morgan fingerprint density at radius 1 is 1.06 bits per heavy atom. The van der Waals surface area contributed by atoms with Crippen LogP contribution in [0.15, 0.2) is 73.1 Å². The molecule has 0 spiro atoms. The predicted octanol–water partition coefficient (Wildman–Crippen LogP) is 4.44. The molecule has 0 aliphatic rings. The molecule has 0 fully saturated rings. The maximum atomic E-state index is 12.6. The molecule has 4 aromatic rings. The highest BCUT2D eigenvalue weighted by Crippen LogP contribution is 2.23. The van der Waals surface area contributed by atoms with Crippen LogP contribution in [0.1, 0.15) is 28.5 Å². The van der Waals surface area contributed by atoms with E-state index in [1.807, 2.05) is 61.7 Å². The zero-order valence-corrected chi connectivity index (χ0v) is 17.9. The number of rotatable bonds is 7. The van der Waals surface area contributed by atoms with Crippen LogP contribution in [0.25, 0.3) is 10.1 Å². The SMILES string of the molecule is C[C@@H](Cc1ccc(C(=O)NCc2ccccn2)cc1)C(=O)Nc1ccc2cnsc2c1. The Morgan fingerprint density at radius 2 is 1.90 bits per heavy atom. The standard InChI is InChI=1S/C24H22N4O2S/c1-16(23(29)28-20-10-9-19-14-27-31-22(19)13-20)12-17-5-7-18(8-6-17)24(30)26-15-21-4-2-3-11-25-21/h2-11,13-14,16H,12,15H2,1H3,(H,26,30)(H,28,29)/t16-/m0/s1. The van der Waals surface area contributed by atoms with E-state index >= 15 is 0 Å². The molecule has 7 heteroatoms. The number of aromatic nitrogens is 2. The number of amides is 2. The second kappa shape index (κ2) is 9.49. The summed E-state index contributed by atoms with van der Waals surface area (Å²) in [6.45, 7) is 2.28. The van der Waals surface area contributed by atoms with Crippen molar-refractivity contribution in [3.63, 3.8) is 0 Å². The third-order valence-electron chi connectivity index (χ3n) is 4.99. The molecule has 0 unspecified atom stereocenters. The minimum atomic E-state index is -0.207. The molecule has 156 valence electrons.